The predicted octanol–water partition coefficient (Wildman–Crippen LogP) is 4.65. The monoisotopic (exact) mass is 479 g/mol. The van der Waals surface area contributed by atoms with Crippen molar-refractivity contribution in [3.63, 3.8) is 0 Å². The zero-order chi connectivity index (χ0) is 25.2. The molecule has 182 valence electrons. The van der Waals surface area contributed by atoms with Crippen LogP contribution < -0.4 is 10.2 Å². The Morgan fingerprint density at radius 1 is 1.03 bits per heavy atom. The molecule has 2 aromatic heterocycles. The van der Waals surface area contributed by atoms with Crippen LogP contribution in [-0.4, -0.2) is 52.1 Å². The number of hydrogen-bond acceptors (Lipinski definition) is 6. The molecule has 0 saturated carbocycles. The molecule has 0 spiro atoms. The number of fused-ring (bicyclic) bond motifs is 2. The third kappa shape index (κ3) is 4.15. The summed E-state index contributed by atoms with van der Waals surface area (Å²) in [6.07, 6.45) is 0.669. The van der Waals surface area contributed by atoms with Gasteiger partial charge in [-0.1, -0.05) is 24.3 Å². The molecule has 8 nitrogen and oxygen atoms in total. The zero-order valence-electron chi connectivity index (χ0n) is 21.0. The van der Waals surface area contributed by atoms with Gasteiger partial charge in [0.2, 0.25) is 6.41 Å². The SMILES string of the molecule is CCN(CC)c1ccc(/N=C2/C(CNC=O)=Nn3c2nc(-c2ccc4ccccc4n2)c3C)c(C)c1. The van der Waals surface area contributed by atoms with E-state index in [0.717, 1.165) is 52.3 Å². The summed E-state index contributed by atoms with van der Waals surface area (Å²) in [7, 11) is 0. The van der Waals surface area contributed by atoms with Crippen molar-refractivity contribution >= 4 is 40.1 Å². The van der Waals surface area contributed by atoms with Gasteiger partial charge in [0, 0.05) is 24.2 Å². The number of imidazole rings is 1. The summed E-state index contributed by atoms with van der Waals surface area (Å²) in [6, 6.07) is 18.3. The van der Waals surface area contributed by atoms with Crippen LogP contribution in [0.3, 0.4) is 0 Å². The minimum atomic E-state index is 0.269. The Morgan fingerprint density at radius 2 is 1.83 bits per heavy atom. The highest BCUT2D eigenvalue weighted by Crippen LogP contribution is 2.30. The molecule has 36 heavy (non-hydrogen) atoms. The summed E-state index contributed by atoms with van der Waals surface area (Å²) in [5, 5.41) is 8.56. The van der Waals surface area contributed by atoms with Crippen molar-refractivity contribution in [1.29, 1.82) is 0 Å². The molecule has 0 radical (unpaired) electrons. The van der Waals surface area contributed by atoms with Crippen LogP contribution in [0.2, 0.25) is 0 Å². The molecule has 0 bridgehead atoms. The van der Waals surface area contributed by atoms with E-state index in [0.29, 0.717) is 23.7 Å². The molecule has 1 N–H and O–H groups in total. The van der Waals surface area contributed by atoms with E-state index in [9.17, 15) is 4.79 Å². The lowest BCUT2D eigenvalue weighted by Crippen LogP contribution is -2.26. The number of hydrogen-bond donors (Lipinski definition) is 1. The van der Waals surface area contributed by atoms with Gasteiger partial charge in [-0.05, 0) is 63.6 Å². The van der Waals surface area contributed by atoms with Gasteiger partial charge in [-0.15, -0.1) is 0 Å². The second-order valence-electron chi connectivity index (χ2n) is 8.72. The van der Waals surface area contributed by atoms with E-state index in [-0.39, 0.29) is 6.54 Å². The molecule has 3 heterocycles. The minimum Gasteiger partial charge on any atom is -0.372 e. The first-order chi connectivity index (χ1) is 17.5. The lowest BCUT2D eigenvalue weighted by atomic mass is 10.1. The van der Waals surface area contributed by atoms with Gasteiger partial charge in [0.1, 0.15) is 17.1 Å². The summed E-state index contributed by atoms with van der Waals surface area (Å²) in [5.74, 6) is 0.646. The van der Waals surface area contributed by atoms with E-state index in [1.165, 1.54) is 5.69 Å². The zero-order valence-corrected chi connectivity index (χ0v) is 21.0. The van der Waals surface area contributed by atoms with Crippen molar-refractivity contribution in [2.75, 3.05) is 24.5 Å². The molecule has 0 fully saturated rings. The highest BCUT2D eigenvalue weighted by atomic mass is 16.1. The topological polar surface area (TPSA) is 87.8 Å². The number of benzene rings is 2. The Labute approximate surface area is 210 Å². The fourth-order valence-electron chi connectivity index (χ4n) is 4.55. The molecule has 4 aromatic rings. The molecule has 1 amide bonds. The Hall–Kier alpha value is -4.33. The lowest BCUT2D eigenvalue weighted by molar-refractivity contribution is -0.109. The van der Waals surface area contributed by atoms with Crippen molar-refractivity contribution in [3.8, 4) is 11.4 Å². The van der Waals surface area contributed by atoms with Crippen LogP contribution in [0.25, 0.3) is 22.3 Å². The average Bonchev–Trinajstić information content (AvgIpc) is 3.40. The molecule has 0 unspecified atom stereocenters. The average molecular weight is 480 g/mol. The molecule has 1 aliphatic heterocycles. The van der Waals surface area contributed by atoms with Crippen LogP contribution in [-0.2, 0) is 4.79 Å². The number of nitrogens with zero attached hydrogens (tertiary/aromatic N) is 6. The number of amides is 1. The van der Waals surface area contributed by atoms with E-state index in [1.54, 1.807) is 4.68 Å². The summed E-state index contributed by atoms with van der Waals surface area (Å²) in [5.41, 5.74) is 7.74. The normalized spacial score (nSPS) is 13.7. The second kappa shape index (κ2) is 9.73. The van der Waals surface area contributed by atoms with Crippen LogP contribution in [0.1, 0.15) is 30.9 Å². The summed E-state index contributed by atoms with van der Waals surface area (Å²) < 4.78 is 1.80. The number of carbonyl (C=O) groups excluding carboxylic acids is 1. The van der Waals surface area contributed by atoms with E-state index < -0.39 is 0 Å². The van der Waals surface area contributed by atoms with Gasteiger partial charge in [-0.25, -0.2) is 19.6 Å². The van der Waals surface area contributed by atoms with Gasteiger partial charge in [0.05, 0.1) is 29.1 Å². The van der Waals surface area contributed by atoms with Crippen LogP contribution in [0, 0.1) is 13.8 Å². The molecule has 8 heteroatoms. The number of aliphatic imine (C=N–C) groups is 1. The summed E-state index contributed by atoms with van der Waals surface area (Å²) in [4.78, 5) is 28.1. The maximum absolute atomic E-state index is 11.0. The Morgan fingerprint density at radius 3 is 2.58 bits per heavy atom. The number of rotatable bonds is 8. The first-order valence-corrected chi connectivity index (χ1v) is 12.2. The van der Waals surface area contributed by atoms with Crippen molar-refractivity contribution in [2.45, 2.75) is 27.7 Å². The third-order valence-electron chi connectivity index (χ3n) is 6.52. The second-order valence-corrected chi connectivity index (χ2v) is 8.72. The van der Waals surface area contributed by atoms with Crippen molar-refractivity contribution < 1.29 is 4.79 Å². The molecule has 5 rings (SSSR count). The van der Waals surface area contributed by atoms with Crippen LogP contribution in [0.15, 0.2) is 64.7 Å². The number of aromatic nitrogens is 3. The summed E-state index contributed by atoms with van der Waals surface area (Å²) >= 11 is 0. The van der Waals surface area contributed by atoms with Crippen LogP contribution in [0.4, 0.5) is 11.4 Å². The standard InChI is InChI=1S/C28H29N7O/c1-5-34(6-2)21-12-14-22(18(3)15-21)31-27-25(16-29-17-36)33-35-19(4)26(32-28(27)35)24-13-11-20-9-7-8-10-23(20)30-24/h7-15,17H,5-6,16H2,1-4H3,(H,29,36)/b31-27-. The maximum Gasteiger partial charge on any atom is 0.207 e. The Kier molecular flexibility index (Phi) is 6.33. The number of carbonyl (C=O) groups is 1. The van der Waals surface area contributed by atoms with Crippen molar-refractivity contribution in [3.05, 3.63) is 71.7 Å². The van der Waals surface area contributed by atoms with Crippen LogP contribution >= 0.6 is 0 Å². The number of pyridine rings is 1. The van der Waals surface area contributed by atoms with Gasteiger partial charge in [0.25, 0.3) is 0 Å². The first kappa shape index (κ1) is 23.4. The fourth-order valence-corrected chi connectivity index (χ4v) is 4.55. The molecule has 0 atom stereocenters. The lowest BCUT2D eigenvalue weighted by Gasteiger charge is -2.21. The molecular formula is C28H29N7O. The highest BCUT2D eigenvalue weighted by molar-refractivity contribution is 6.50. The quantitative estimate of drug-likeness (QED) is 0.373. The number of aryl methyl sites for hydroxylation is 1. The maximum atomic E-state index is 11.0. The first-order valence-electron chi connectivity index (χ1n) is 12.2. The van der Waals surface area contributed by atoms with E-state index >= 15 is 0 Å². The Bertz CT molecular complexity index is 1510. The smallest absolute Gasteiger partial charge is 0.207 e. The van der Waals surface area contributed by atoms with Gasteiger partial charge in [-0.2, -0.15) is 5.10 Å². The predicted molar refractivity (Wildman–Crippen MR) is 146 cm³/mol. The van der Waals surface area contributed by atoms with Crippen molar-refractivity contribution in [1.82, 2.24) is 20.0 Å². The largest absolute Gasteiger partial charge is 0.372 e. The van der Waals surface area contributed by atoms with E-state index in [4.69, 9.17) is 20.1 Å². The molecule has 2 aromatic carbocycles. The molecule has 0 saturated heterocycles. The van der Waals surface area contributed by atoms with Gasteiger partial charge in [-0.3, -0.25) is 4.79 Å². The number of para-hydroxylation sites is 1. The Balaban J connectivity index is 1.59. The van der Waals surface area contributed by atoms with Gasteiger partial charge in [0.15, 0.2) is 5.82 Å². The van der Waals surface area contributed by atoms with Gasteiger partial charge < -0.3 is 10.2 Å². The molecule has 1 aliphatic rings. The number of anilines is 1. The fraction of sp³-hybridized carbons (Fsp3) is 0.250. The van der Waals surface area contributed by atoms with Crippen LogP contribution in [0.5, 0.6) is 0 Å². The van der Waals surface area contributed by atoms with E-state index in [1.807, 2.05) is 43.3 Å². The molecular weight excluding hydrogens is 450 g/mol. The van der Waals surface area contributed by atoms with Crippen molar-refractivity contribution in [2.24, 2.45) is 10.1 Å². The van der Waals surface area contributed by atoms with E-state index in [2.05, 4.69) is 49.2 Å². The van der Waals surface area contributed by atoms with Gasteiger partial charge >= 0.3 is 0 Å². The highest BCUT2D eigenvalue weighted by Gasteiger charge is 2.29. The molecule has 0 aliphatic carbocycles. The third-order valence-corrected chi connectivity index (χ3v) is 6.52. The summed E-state index contributed by atoms with van der Waals surface area (Å²) in [6.45, 7) is 10.5. The minimum absolute atomic E-state index is 0.269. The number of nitrogens with one attached hydrogen (secondary N) is 1.